The van der Waals surface area contributed by atoms with Crippen molar-refractivity contribution in [2.24, 2.45) is 0 Å². The number of thiophene rings is 1. The Bertz CT molecular complexity index is 1190. The van der Waals surface area contributed by atoms with E-state index in [-0.39, 0.29) is 35.1 Å². The number of amides is 1. The molecule has 0 saturated heterocycles. The van der Waals surface area contributed by atoms with Crippen LogP contribution in [0.1, 0.15) is 45.0 Å². The molecule has 1 aromatic carbocycles. The second-order valence-electron chi connectivity index (χ2n) is 6.95. The first-order chi connectivity index (χ1) is 15.8. The highest BCUT2D eigenvalue weighted by Gasteiger charge is 2.27. The number of anilines is 1. The first kappa shape index (κ1) is 24.0. The van der Waals surface area contributed by atoms with Crippen molar-refractivity contribution in [1.82, 2.24) is 4.98 Å². The molecule has 0 spiro atoms. The predicted octanol–water partition coefficient (Wildman–Crippen LogP) is 3.62. The molecule has 0 fully saturated rings. The number of ether oxygens (including phenoxy) is 3. The van der Waals surface area contributed by atoms with Gasteiger partial charge in [-0.1, -0.05) is 18.2 Å². The van der Waals surface area contributed by atoms with Crippen LogP contribution in [0.4, 0.5) is 5.00 Å². The zero-order valence-corrected chi connectivity index (χ0v) is 19.3. The fraction of sp³-hybridized carbons (Fsp3) is 0.304. The van der Waals surface area contributed by atoms with Crippen molar-refractivity contribution >= 4 is 51.1 Å². The Kier molecular flexibility index (Phi) is 7.83. The minimum Gasteiger partial charge on any atom is -0.462 e. The Hall–Kier alpha value is -3.66. The van der Waals surface area contributed by atoms with Crippen LogP contribution in [0.2, 0.25) is 0 Å². The van der Waals surface area contributed by atoms with Crippen molar-refractivity contribution in [2.45, 2.75) is 27.2 Å². The molecule has 3 aromatic rings. The Morgan fingerprint density at radius 2 is 1.70 bits per heavy atom. The Morgan fingerprint density at radius 3 is 2.42 bits per heavy atom. The number of aromatic nitrogens is 1. The third-order valence-electron chi connectivity index (χ3n) is 4.71. The second-order valence-corrected chi connectivity index (χ2v) is 7.97. The van der Waals surface area contributed by atoms with Gasteiger partial charge in [0.2, 0.25) is 0 Å². The number of benzene rings is 1. The van der Waals surface area contributed by atoms with Crippen LogP contribution in [0.25, 0.3) is 10.9 Å². The Labute approximate surface area is 194 Å². The van der Waals surface area contributed by atoms with Gasteiger partial charge in [0.15, 0.2) is 6.61 Å². The van der Waals surface area contributed by atoms with Gasteiger partial charge in [-0.3, -0.25) is 9.59 Å². The van der Waals surface area contributed by atoms with Crippen LogP contribution in [-0.2, 0) is 30.2 Å². The van der Waals surface area contributed by atoms with Crippen LogP contribution < -0.4 is 5.32 Å². The van der Waals surface area contributed by atoms with Gasteiger partial charge in [0.1, 0.15) is 9.88 Å². The molecule has 0 atom stereocenters. The number of rotatable bonds is 9. The van der Waals surface area contributed by atoms with Gasteiger partial charge >= 0.3 is 17.9 Å². The molecule has 3 rings (SSSR count). The molecular formula is C23H24N2O7S. The fourth-order valence-electron chi connectivity index (χ4n) is 3.24. The van der Waals surface area contributed by atoms with Crippen molar-refractivity contribution < 1.29 is 33.4 Å². The second kappa shape index (κ2) is 10.8. The molecule has 2 aromatic heterocycles. The van der Waals surface area contributed by atoms with Gasteiger partial charge in [-0.2, -0.15) is 0 Å². The molecule has 0 aliphatic carbocycles. The summed E-state index contributed by atoms with van der Waals surface area (Å²) < 4.78 is 15.2. The summed E-state index contributed by atoms with van der Waals surface area (Å²) in [7, 11) is 0. The number of hydrogen-bond donors (Lipinski definition) is 2. The van der Waals surface area contributed by atoms with Gasteiger partial charge in [0.05, 0.1) is 25.2 Å². The van der Waals surface area contributed by atoms with E-state index in [2.05, 4.69) is 10.3 Å². The van der Waals surface area contributed by atoms with E-state index in [9.17, 15) is 19.2 Å². The number of carbonyl (C=O) groups is 4. The lowest BCUT2D eigenvalue weighted by Crippen LogP contribution is -2.22. The average molecular weight is 473 g/mol. The summed E-state index contributed by atoms with van der Waals surface area (Å²) in [5, 5.41) is 3.57. The van der Waals surface area contributed by atoms with Crippen molar-refractivity contribution in [3.8, 4) is 0 Å². The molecule has 0 aliphatic heterocycles. The van der Waals surface area contributed by atoms with Gasteiger partial charge in [0, 0.05) is 17.1 Å². The lowest BCUT2D eigenvalue weighted by molar-refractivity contribution is -0.146. The van der Waals surface area contributed by atoms with Crippen molar-refractivity contribution in [2.75, 3.05) is 25.1 Å². The van der Waals surface area contributed by atoms with Gasteiger partial charge in [-0.25, -0.2) is 9.59 Å². The number of fused-ring (bicyclic) bond motifs is 1. The van der Waals surface area contributed by atoms with Crippen LogP contribution in [0.3, 0.4) is 0 Å². The predicted molar refractivity (Wildman–Crippen MR) is 123 cm³/mol. The first-order valence-electron chi connectivity index (χ1n) is 10.3. The largest absolute Gasteiger partial charge is 0.462 e. The summed E-state index contributed by atoms with van der Waals surface area (Å²) in [6, 6.07) is 7.53. The number of hydrogen-bond acceptors (Lipinski definition) is 8. The smallest absolute Gasteiger partial charge is 0.348 e. The quantitative estimate of drug-likeness (QED) is 0.360. The van der Waals surface area contributed by atoms with E-state index < -0.39 is 30.4 Å². The highest BCUT2D eigenvalue weighted by Crippen LogP contribution is 2.34. The van der Waals surface area contributed by atoms with E-state index in [4.69, 9.17) is 14.2 Å². The summed E-state index contributed by atoms with van der Waals surface area (Å²) in [5.41, 5.74) is 2.08. The number of aromatic amines is 1. The lowest BCUT2D eigenvalue weighted by Gasteiger charge is -2.08. The SMILES string of the molecule is CCOC(=O)c1sc(NC(=O)COC(=O)Cc2c[nH]c3ccccc23)c(C(=O)OCC)c1C. The Morgan fingerprint density at radius 1 is 1.00 bits per heavy atom. The summed E-state index contributed by atoms with van der Waals surface area (Å²) in [5.74, 6) is -2.50. The number of nitrogens with one attached hydrogen (secondary N) is 2. The molecule has 0 radical (unpaired) electrons. The van der Waals surface area contributed by atoms with Crippen molar-refractivity contribution in [1.29, 1.82) is 0 Å². The van der Waals surface area contributed by atoms with E-state index in [0.29, 0.717) is 5.56 Å². The molecule has 2 heterocycles. The molecule has 2 N–H and O–H groups in total. The third-order valence-corrected chi connectivity index (χ3v) is 5.90. The maximum atomic E-state index is 12.4. The summed E-state index contributed by atoms with van der Waals surface area (Å²) >= 11 is 0.904. The van der Waals surface area contributed by atoms with Crippen molar-refractivity contribution in [3.05, 3.63) is 52.0 Å². The first-order valence-corrected chi connectivity index (χ1v) is 11.1. The fourth-order valence-corrected chi connectivity index (χ4v) is 4.34. The van der Waals surface area contributed by atoms with Crippen LogP contribution in [-0.4, -0.2) is 48.6 Å². The van der Waals surface area contributed by atoms with E-state index in [1.54, 1.807) is 27.0 Å². The van der Waals surface area contributed by atoms with Gasteiger partial charge in [0.25, 0.3) is 5.91 Å². The molecule has 1 amide bonds. The maximum absolute atomic E-state index is 12.4. The zero-order valence-electron chi connectivity index (χ0n) is 18.5. The molecule has 10 heteroatoms. The minimum atomic E-state index is -0.673. The van der Waals surface area contributed by atoms with Gasteiger partial charge in [-0.15, -0.1) is 11.3 Å². The summed E-state index contributed by atoms with van der Waals surface area (Å²) in [4.78, 5) is 52.5. The molecular weight excluding hydrogens is 448 g/mol. The van der Waals surface area contributed by atoms with Crippen LogP contribution in [0, 0.1) is 6.92 Å². The minimum absolute atomic E-state index is 0.00349. The van der Waals surface area contributed by atoms with Gasteiger partial charge in [-0.05, 0) is 38.0 Å². The molecule has 33 heavy (non-hydrogen) atoms. The highest BCUT2D eigenvalue weighted by atomic mass is 32.1. The topological polar surface area (TPSA) is 124 Å². The monoisotopic (exact) mass is 472 g/mol. The number of para-hydroxylation sites is 1. The van der Waals surface area contributed by atoms with Crippen LogP contribution >= 0.6 is 11.3 Å². The van der Waals surface area contributed by atoms with Crippen LogP contribution in [0.5, 0.6) is 0 Å². The summed E-state index contributed by atoms with van der Waals surface area (Å²) in [6.45, 7) is 4.64. The molecule has 0 aliphatic rings. The van der Waals surface area contributed by atoms with E-state index >= 15 is 0 Å². The molecule has 0 saturated carbocycles. The average Bonchev–Trinajstić information content (AvgIpc) is 3.33. The Balaban J connectivity index is 1.67. The number of H-pyrrole nitrogens is 1. The highest BCUT2D eigenvalue weighted by molar-refractivity contribution is 7.18. The zero-order chi connectivity index (χ0) is 24.0. The normalized spacial score (nSPS) is 10.6. The number of esters is 3. The lowest BCUT2D eigenvalue weighted by atomic mass is 10.1. The third kappa shape index (κ3) is 5.58. The molecule has 9 nitrogen and oxygen atoms in total. The van der Waals surface area contributed by atoms with Crippen LogP contribution in [0.15, 0.2) is 30.5 Å². The van der Waals surface area contributed by atoms with E-state index in [0.717, 1.165) is 27.8 Å². The van der Waals surface area contributed by atoms with E-state index in [1.165, 1.54) is 0 Å². The molecule has 174 valence electrons. The molecule has 0 bridgehead atoms. The number of carbonyl (C=O) groups excluding carboxylic acids is 4. The van der Waals surface area contributed by atoms with Crippen molar-refractivity contribution in [3.63, 3.8) is 0 Å². The molecule has 0 unspecified atom stereocenters. The van der Waals surface area contributed by atoms with Gasteiger partial charge < -0.3 is 24.5 Å². The maximum Gasteiger partial charge on any atom is 0.348 e. The standard InChI is InChI=1S/C23H24N2O7S/c1-4-30-22(28)19-13(3)20(23(29)31-5-2)33-21(19)25-17(26)12-32-18(27)10-14-11-24-16-9-7-6-8-15(14)16/h6-9,11,24H,4-5,10,12H2,1-3H3,(H,25,26). The van der Waals surface area contributed by atoms with E-state index in [1.807, 2.05) is 24.3 Å². The summed E-state index contributed by atoms with van der Waals surface area (Å²) in [6.07, 6.45) is 1.72.